The topological polar surface area (TPSA) is 53.3 Å². The average Bonchev–Trinajstić information content (AvgIpc) is 2.91. The number of carbonyl (C=O) groups excluding carboxylic acids is 1. The van der Waals surface area contributed by atoms with Gasteiger partial charge in [0.2, 0.25) is 5.91 Å². The molecule has 1 atom stereocenters. The highest BCUT2D eigenvalue weighted by Gasteiger charge is 2.41. The molecule has 2 heterocycles. The average molecular weight is 282 g/mol. The number of nitriles is 1. The number of hydrogen-bond donors (Lipinski definition) is 0. The van der Waals surface area contributed by atoms with Crippen LogP contribution in [0.1, 0.15) is 37.3 Å². The highest BCUT2D eigenvalue weighted by Crippen LogP contribution is 2.40. The monoisotopic (exact) mass is 282 g/mol. The van der Waals surface area contributed by atoms with E-state index < -0.39 is 0 Å². The Bertz CT molecular complexity index is 627. The summed E-state index contributed by atoms with van der Waals surface area (Å²) in [5.41, 5.74) is 2.64. The lowest BCUT2D eigenvalue weighted by molar-refractivity contribution is -0.135. The van der Waals surface area contributed by atoms with Crippen molar-refractivity contribution in [3.8, 4) is 6.07 Å². The van der Waals surface area contributed by atoms with E-state index in [1.807, 2.05) is 35.4 Å². The van der Waals surface area contributed by atoms with Gasteiger partial charge in [-0.05, 0) is 36.1 Å². The molecule has 1 aromatic carbocycles. The molecular formula is C17H18N2O2. The van der Waals surface area contributed by atoms with Crippen molar-refractivity contribution in [3.63, 3.8) is 0 Å². The van der Waals surface area contributed by atoms with Crippen LogP contribution in [0.15, 0.2) is 30.5 Å². The summed E-state index contributed by atoms with van der Waals surface area (Å²) >= 11 is 0. The van der Waals surface area contributed by atoms with E-state index in [0.29, 0.717) is 12.1 Å². The number of ether oxygens (including phenoxy) is 1. The molecule has 0 saturated carbocycles. The van der Waals surface area contributed by atoms with Crippen LogP contribution in [0.4, 0.5) is 0 Å². The number of benzene rings is 1. The van der Waals surface area contributed by atoms with Gasteiger partial charge in [0.1, 0.15) is 5.60 Å². The van der Waals surface area contributed by atoms with Gasteiger partial charge in [-0.3, -0.25) is 4.79 Å². The molecule has 4 nitrogen and oxygen atoms in total. The zero-order chi connectivity index (χ0) is 14.9. The molecule has 1 aromatic rings. The van der Waals surface area contributed by atoms with Crippen molar-refractivity contribution in [1.82, 2.24) is 4.90 Å². The van der Waals surface area contributed by atoms with Crippen LogP contribution in [0.3, 0.4) is 0 Å². The van der Waals surface area contributed by atoms with Crippen molar-refractivity contribution in [2.75, 3.05) is 13.1 Å². The minimum absolute atomic E-state index is 0.115. The number of carbonyl (C=O) groups is 1. The first-order valence-electron chi connectivity index (χ1n) is 7.25. The third kappa shape index (κ3) is 2.64. The van der Waals surface area contributed by atoms with E-state index in [-0.39, 0.29) is 11.5 Å². The second-order valence-electron chi connectivity index (χ2n) is 5.85. The van der Waals surface area contributed by atoms with Gasteiger partial charge >= 0.3 is 0 Å². The van der Waals surface area contributed by atoms with Gasteiger partial charge in [-0.2, -0.15) is 5.26 Å². The molecule has 1 saturated heterocycles. The molecule has 1 fully saturated rings. The standard InChI is InChI=1S/C17H18N2O2/c1-13(20)19-8-2-7-17(12-19)9-16(11-21-17)15-5-3-14(10-18)4-6-15/h3-6,11H,2,7-9,12H2,1H3. The molecule has 2 aliphatic rings. The third-order valence-corrected chi connectivity index (χ3v) is 4.33. The van der Waals surface area contributed by atoms with Crippen LogP contribution < -0.4 is 0 Å². The van der Waals surface area contributed by atoms with Crippen LogP contribution in [0.5, 0.6) is 0 Å². The summed E-state index contributed by atoms with van der Waals surface area (Å²) in [6.07, 6.45) is 4.61. The summed E-state index contributed by atoms with van der Waals surface area (Å²) in [7, 11) is 0. The van der Waals surface area contributed by atoms with Crippen molar-refractivity contribution in [2.45, 2.75) is 31.8 Å². The van der Waals surface area contributed by atoms with Crippen LogP contribution in [-0.4, -0.2) is 29.5 Å². The van der Waals surface area contributed by atoms with Gasteiger partial charge in [0.15, 0.2) is 0 Å². The van der Waals surface area contributed by atoms with Gasteiger partial charge in [-0.1, -0.05) is 12.1 Å². The Labute approximate surface area is 124 Å². The van der Waals surface area contributed by atoms with Crippen molar-refractivity contribution in [3.05, 3.63) is 41.7 Å². The summed E-state index contributed by atoms with van der Waals surface area (Å²) in [6.45, 7) is 3.11. The lowest BCUT2D eigenvalue weighted by Crippen LogP contribution is -2.49. The maximum absolute atomic E-state index is 11.6. The third-order valence-electron chi connectivity index (χ3n) is 4.33. The molecule has 1 spiro atoms. The number of amides is 1. The minimum Gasteiger partial charge on any atom is -0.492 e. The van der Waals surface area contributed by atoms with Gasteiger partial charge in [-0.15, -0.1) is 0 Å². The Morgan fingerprint density at radius 3 is 2.81 bits per heavy atom. The van der Waals surface area contributed by atoms with Crippen LogP contribution in [-0.2, 0) is 9.53 Å². The zero-order valence-electron chi connectivity index (χ0n) is 12.1. The van der Waals surface area contributed by atoms with Crippen LogP contribution in [0.2, 0.25) is 0 Å². The van der Waals surface area contributed by atoms with Crippen molar-refractivity contribution in [1.29, 1.82) is 5.26 Å². The molecule has 4 heteroatoms. The molecule has 0 radical (unpaired) electrons. The molecule has 2 aliphatic heterocycles. The minimum atomic E-state index is -0.257. The van der Waals surface area contributed by atoms with Crippen LogP contribution in [0.25, 0.3) is 5.57 Å². The number of piperidine rings is 1. The van der Waals surface area contributed by atoms with E-state index in [1.54, 1.807) is 6.92 Å². The number of nitrogens with zero attached hydrogens (tertiary/aromatic N) is 2. The Morgan fingerprint density at radius 2 is 2.14 bits per heavy atom. The number of rotatable bonds is 1. The Balaban J connectivity index is 1.74. The molecule has 108 valence electrons. The van der Waals surface area contributed by atoms with E-state index in [4.69, 9.17) is 10.00 Å². The highest BCUT2D eigenvalue weighted by molar-refractivity contribution is 5.74. The first-order valence-corrected chi connectivity index (χ1v) is 7.25. The van der Waals surface area contributed by atoms with E-state index in [9.17, 15) is 4.79 Å². The van der Waals surface area contributed by atoms with Crippen molar-refractivity contribution < 1.29 is 9.53 Å². The molecular weight excluding hydrogens is 264 g/mol. The predicted octanol–water partition coefficient (Wildman–Crippen LogP) is 2.70. The Morgan fingerprint density at radius 1 is 1.38 bits per heavy atom. The quantitative estimate of drug-likeness (QED) is 0.795. The predicted molar refractivity (Wildman–Crippen MR) is 79.1 cm³/mol. The molecule has 3 rings (SSSR count). The lowest BCUT2D eigenvalue weighted by atomic mass is 9.86. The van der Waals surface area contributed by atoms with E-state index in [0.717, 1.165) is 36.9 Å². The normalized spacial score (nSPS) is 24.4. The second-order valence-corrected chi connectivity index (χ2v) is 5.85. The van der Waals surface area contributed by atoms with Gasteiger partial charge in [-0.25, -0.2) is 0 Å². The number of likely N-dealkylation sites (tertiary alicyclic amines) is 1. The van der Waals surface area contributed by atoms with E-state index >= 15 is 0 Å². The first kappa shape index (κ1) is 13.7. The van der Waals surface area contributed by atoms with Gasteiger partial charge in [0, 0.05) is 19.9 Å². The van der Waals surface area contributed by atoms with E-state index in [1.165, 1.54) is 0 Å². The molecule has 0 aromatic heterocycles. The maximum Gasteiger partial charge on any atom is 0.219 e. The molecule has 0 aliphatic carbocycles. The fourth-order valence-corrected chi connectivity index (χ4v) is 3.16. The summed E-state index contributed by atoms with van der Waals surface area (Å²) < 4.78 is 5.96. The molecule has 1 amide bonds. The van der Waals surface area contributed by atoms with Crippen molar-refractivity contribution >= 4 is 11.5 Å². The van der Waals surface area contributed by atoms with Gasteiger partial charge in [0.05, 0.1) is 24.4 Å². The molecule has 0 N–H and O–H groups in total. The van der Waals surface area contributed by atoms with Crippen LogP contribution >= 0.6 is 0 Å². The zero-order valence-corrected chi connectivity index (χ0v) is 12.1. The second kappa shape index (κ2) is 5.25. The lowest BCUT2D eigenvalue weighted by Gasteiger charge is -2.39. The molecule has 0 bridgehead atoms. The first-order chi connectivity index (χ1) is 10.1. The maximum atomic E-state index is 11.6. The molecule has 1 unspecified atom stereocenters. The SMILES string of the molecule is CC(=O)N1CCCC2(CC(c3ccc(C#N)cc3)=CO2)C1. The van der Waals surface area contributed by atoms with Crippen LogP contribution in [0, 0.1) is 11.3 Å². The van der Waals surface area contributed by atoms with E-state index in [2.05, 4.69) is 6.07 Å². The fourth-order valence-electron chi connectivity index (χ4n) is 3.16. The van der Waals surface area contributed by atoms with Gasteiger partial charge < -0.3 is 9.64 Å². The number of hydrogen-bond acceptors (Lipinski definition) is 3. The highest BCUT2D eigenvalue weighted by atomic mass is 16.5. The summed E-state index contributed by atoms with van der Waals surface area (Å²) in [5.74, 6) is 0.115. The summed E-state index contributed by atoms with van der Waals surface area (Å²) in [4.78, 5) is 13.5. The molecule has 21 heavy (non-hydrogen) atoms. The Kier molecular flexibility index (Phi) is 3.42. The Hall–Kier alpha value is -2.28. The largest absolute Gasteiger partial charge is 0.492 e. The fraction of sp³-hybridized carbons (Fsp3) is 0.412. The summed E-state index contributed by atoms with van der Waals surface area (Å²) in [6, 6.07) is 9.69. The summed E-state index contributed by atoms with van der Waals surface area (Å²) in [5, 5.41) is 8.85. The van der Waals surface area contributed by atoms with Gasteiger partial charge in [0.25, 0.3) is 0 Å². The van der Waals surface area contributed by atoms with Crippen molar-refractivity contribution in [2.24, 2.45) is 0 Å². The smallest absolute Gasteiger partial charge is 0.219 e.